The minimum absolute atomic E-state index is 0. The summed E-state index contributed by atoms with van der Waals surface area (Å²) in [5, 5.41) is 3.34. The molecule has 2 unspecified atom stereocenters. The Morgan fingerprint density at radius 2 is 2.30 bits per heavy atom. The van der Waals surface area contributed by atoms with Gasteiger partial charge in [0, 0.05) is 12.1 Å². The summed E-state index contributed by atoms with van der Waals surface area (Å²) >= 11 is 0. The standard InChI is InChI=1S/C7H14N2.ClH/c8-7-3-1-2-6(7)4-9-5-7;/h6,9H,1-5,8H2;1H. The highest BCUT2D eigenvalue weighted by atomic mass is 35.5. The number of nitrogens with one attached hydrogen (secondary N) is 1. The molecule has 0 spiro atoms. The van der Waals surface area contributed by atoms with Crippen molar-refractivity contribution in [3.63, 3.8) is 0 Å². The average Bonchev–Trinajstić information content (AvgIpc) is 2.22. The quantitative estimate of drug-likeness (QED) is 0.545. The molecule has 0 aromatic rings. The first-order valence-corrected chi connectivity index (χ1v) is 3.81. The zero-order valence-corrected chi connectivity index (χ0v) is 6.91. The molecule has 2 rings (SSSR count). The van der Waals surface area contributed by atoms with Crippen LogP contribution in [-0.2, 0) is 0 Å². The molecule has 1 heterocycles. The van der Waals surface area contributed by atoms with E-state index < -0.39 is 0 Å². The first kappa shape index (κ1) is 8.31. The number of fused-ring (bicyclic) bond motifs is 1. The molecule has 1 aliphatic carbocycles. The number of nitrogens with two attached hydrogens (primary N) is 1. The number of hydrogen-bond donors (Lipinski definition) is 2. The maximum atomic E-state index is 6.10. The van der Waals surface area contributed by atoms with Gasteiger partial charge in [-0.1, -0.05) is 6.42 Å². The van der Waals surface area contributed by atoms with Gasteiger partial charge in [0.15, 0.2) is 0 Å². The number of hydrogen-bond acceptors (Lipinski definition) is 2. The van der Waals surface area contributed by atoms with Gasteiger partial charge in [-0.2, -0.15) is 0 Å². The lowest BCUT2D eigenvalue weighted by Gasteiger charge is -2.21. The fourth-order valence-corrected chi connectivity index (χ4v) is 2.19. The molecule has 2 atom stereocenters. The Kier molecular flexibility index (Phi) is 2.23. The lowest BCUT2D eigenvalue weighted by Crippen LogP contribution is -2.43. The Balaban J connectivity index is 0.000000500. The lowest BCUT2D eigenvalue weighted by atomic mass is 9.92. The van der Waals surface area contributed by atoms with Gasteiger partial charge < -0.3 is 11.1 Å². The van der Waals surface area contributed by atoms with E-state index in [1.54, 1.807) is 0 Å². The fraction of sp³-hybridized carbons (Fsp3) is 1.00. The molecule has 0 aromatic carbocycles. The SMILES string of the molecule is Cl.NC12CCCC1CNC2. The second kappa shape index (κ2) is 2.68. The van der Waals surface area contributed by atoms with E-state index in [4.69, 9.17) is 5.73 Å². The van der Waals surface area contributed by atoms with Crippen LogP contribution in [0.15, 0.2) is 0 Å². The monoisotopic (exact) mass is 162 g/mol. The summed E-state index contributed by atoms with van der Waals surface area (Å²) in [6, 6.07) is 0. The smallest absolute Gasteiger partial charge is 0.0321 e. The Morgan fingerprint density at radius 1 is 1.50 bits per heavy atom. The molecule has 1 aliphatic heterocycles. The van der Waals surface area contributed by atoms with E-state index in [9.17, 15) is 0 Å². The molecule has 0 amide bonds. The Labute approximate surface area is 68.0 Å². The van der Waals surface area contributed by atoms with Crippen LogP contribution in [0.4, 0.5) is 0 Å². The Morgan fingerprint density at radius 3 is 3.00 bits per heavy atom. The van der Waals surface area contributed by atoms with Crippen LogP contribution in [0.25, 0.3) is 0 Å². The highest BCUT2D eigenvalue weighted by Gasteiger charge is 2.42. The van der Waals surface area contributed by atoms with E-state index in [1.165, 1.54) is 19.3 Å². The van der Waals surface area contributed by atoms with E-state index in [-0.39, 0.29) is 17.9 Å². The van der Waals surface area contributed by atoms with Crippen LogP contribution in [0.1, 0.15) is 19.3 Å². The topological polar surface area (TPSA) is 38.0 Å². The molecule has 0 aromatic heterocycles. The van der Waals surface area contributed by atoms with Gasteiger partial charge in [-0.25, -0.2) is 0 Å². The largest absolute Gasteiger partial charge is 0.324 e. The predicted octanol–water partition coefficient (Wildman–Crippen LogP) is 0.509. The maximum Gasteiger partial charge on any atom is 0.0321 e. The molecule has 3 N–H and O–H groups in total. The molecule has 2 fully saturated rings. The van der Waals surface area contributed by atoms with Gasteiger partial charge in [0.1, 0.15) is 0 Å². The second-order valence-electron chi connectivity index (χ2n) is 3.45. The van der Waals surface area contributed by atoms with Gasteiger partial charge in [0.05, 0.1) is 0 Å². The summed E-state index contributed by atoms with van der Waals surface area (Å²) in [7, 11) is 0. The van der Waals surface area contributed by atoms with Gasteiger partial charge in [-0.15, -0.1) is 12.4 Å². The van der Waals surface area contributed by atoms with Crippen LogP contribution < -0.4 is 11.1 Å². The highest BCUT2D eigenvalue weighted by molar-refractivity contribution is 5.85. The van der Waals surface area contributed by atoms with Crippen LogP contribution in [0.2, 0.25) is 0 Å². The molecule has 3 heteroatoms. The number of rotatable bonds is 0. The lowest BCUT2D eigenvalue weighted by molar-refractivity contribution is 0.402. The summed E-state index contributed by atoms with van der Waals surface area (Å²) in [6.45, 7) is 2.22. The summed E-state index contributed by atoms with van der Waals surface area (Å²) in [5.41, 5.74) is 6.30. The summed E-state index contributed by atoms with van der Waals surface area (Å²) in [5.74, 6) is 0.789. The summed E-state index contributed by atoms with van der Waals surface area (Å²) < 4.78 is 0. The third kappa shape index (κ3) is 1.04. The van der Waals surface area contributed by atoms with Crippen molar-refractivity contribution in [1.29, 1.82) is 0 Å². The van der Waals surface area contributed by atoms with Crippen molar-refractivity contribution >= 4 is 12.4 Å². The molecule has 0 radical (unpaired) electrons. The van der Waals surface area contributed by atoms with Gasteiger partial charge in [-0.3, -0.25) is 0 Å². The van der Waals surface area contributed by atoms with Crippen molar-refractivity contribution < 1.29 is 0 Å². The third-order valence-corrected chi connectivity index (χ3v) is 2.85. The molecule has 0 bridgehead atoms. The van der Waals surface area contributed by atoms with E-state index in [0.29, 0.717) is 0 Å². The zero-order valence-electron chi connectivity index (χ0n) is 6.10. The third-order valence-electron chi connectivity index (χ3n) is 2.85. The maximum absolute atomic E-state index is 6.10. The number of halogens is 1. The summed E-state index contributed by atoms with van der Waals surface area (Å²) in [4.78, 5) is 0. The van der Waals surface area contributed by atoms with E-state index in [2.05, 4.69) is 5.32 Å². The fourth-order valence-electron chi connectivity index (χ4n) is 2.19. The first-order valence-electron chi connectivity index (χ1n) is 3.81. The highest BCUT2D eigenvalue weighted by Crippen LogP contribution is 2.35. The first-order chi connectivity index (χ1) is 4.31. The molecule has 2 aliphatic rings. The van der Waals surface area contributed by atoms with Crippen molar-refractivity contribution in [3.8, 4) is 0 Å². The Hall–Kier alpha value is 0.210. The van der Waals surface area contributed by atoms with Crippen molar-refractivity contribution in [2.45, 2.75) is 24.8 Å². The van der Waals surface area contributed by atoms with Crippen molar-refractivity contribution in [3.05, 3.63) is 0 Å². The van der Waals surface area contributed by atoms with Gasteiger partial charge >= 0.3 is 0 Å². The Bertz CT molecular complexity index is 117. The molecular weight excluding hydrogens is 148 g/mol. The van der Waals surface area contributed by atoms with Crippen molar-refractivity contribution in [2.24, 2.45) is 11.7 Å². The molecule has 2 nitrogen and oxygen atoms in total. The van der Waals surface area contributed by atoms with E-state index >= 15 is 0 Å². The van der Waals surface area contributed by atoms with E-state index in [0.717, 1.165) is 19.0 Å². The van der Waals surface area contributed by atoms with Crippen LogP contribution in [0.5, 0.6) is 0 Å². The van der Waals surface area contributed by atoms with Crippen LogP contribution in [-0.4, -0.2) is 18.6 Å². The predicted molar refractivity (Wildman–Crippen MR) is 44.4 cm³/mol. The zero-order chi connectivity index (χ0) is 6.32. The van der Waals surface area contributed by atoms with Gasteiger partial charge in [-0.05, 0) is 25.3 Å². The van der Waals surface area contributed by atoms with Crippen LogP contribution in [0.3, 0.4) is 0 Å². The normalized spacial score (nSPS) is 44.7. The minimum atomic E-state index is 0. The molecule has 60 valence electrons. The van der Waals surface area contributed by atoms with Crippen LogP contribution >= 0.6 is 12.4 Å². The van der Waals surface area contributed by atoms with Gasteiger partial charge in [0.25, 0.3) is 0 Å². The molecular formula is C7H15ClN2. The second-order valence-corrected chi connectivity index (χ2v) is 3.45. The van der Waals surface area contributed by atoms with Gasteiger partial charge in [0.2, 0.25) is 0 Å². The van der Waals surface area contributed by atoms with Crippen LogP contribution in [0, 0.1) is 5.92 Å². The van der Waals surface area contributed by atoms with E-state index in [1.807, 2.05) is 0 Å². The molecule has 10 heavy (non-hydrogen) atoms. The molecule has 1 saturated carbocycles. The average molecular weight is 163 g/mol. The minimum Gasteiger partial charge on any atom is -0.324 e. The van der Waals surface area contributed by atoms with Crippen molar-refractivity contribution in [2.75, 3.05) is 13.1 Å². The van der Waals surface area contributed by atoms with Crippen molar-refractivity contribution in [1.82, 2.24) is 5.32 Å². The summed E-state index contributed by atoms with van der Waals surface area (Å²) in [6.07, 6.45) is 3.94. The molecule has 1 saturated heterocycles.